The van der Waals surface area contributed by atoms with Crippen LogP contribution in [0.2, 0.25) is 0 Å². The van der Waals surface area contributed by atoms with E-state index in [4.69, 9.17) is 5.73 Å². The van der Waals surface area contributed by atoms with Gasteiger partial charge >= 0.3 is 0 Å². The van der Waals surface area contributed by atoms with Crippen LogP contribution in [0.5, 0.6) is 0 Å². The standard InChI is InChI=1S/C12H17BrN2/c13-12-9-11(15-7-1-2-8-15)4-3-10(12)5-6-14/h3-4,9H,1-2,5-8,14H2. The third-order valence-corrected chi connectivity index (χ3v) is 3.66. The van der Waals surface area contributed by atoms with Crippen LogP contribution >= 0.6 is 15.9 Å². The first kappa shape index (κ1) is 11.0. The summed E-state index contributed by atoms with van der Waals surface area (Å²) < 4.78 is 1.19. The fourth-order valence-electron chi connectivity index (χ4n) is 2.07. The fraction of sp³-hybridized carbons (Fsp3) is 0.500. The van der Waals surface area contributed by atoms with E-state index in [9.17, 15) is 0 Å². The van der Waals surface area contributed by atoms with Crippen molar-refractivity contribution in [3.05, 3.63) is 28.2 Å². The van der Waals surface area contributed by atoms with E-state index in [1.54, 1.807) is 0 Å². The number of halogens is 1. The first-order valence-corrected chi connectivity index (χ1v) is 6.34. The quantitative estimate of drug-likeness (QED) is 0.913. The van der Waals surface area contributed by atoms with Crippen LogP contribution in [0.25, 0.3) is 0 Å². The average Bonchev–Trinajstić information content (AvgIpc) is 2.74. The summed E-state index contributed by atoms with van der Waals surface area (Å²) in [7, 11) is 0. The minimum Gasteiger partial charge on any atom is -0.372 e. The molecule has 1 fully saturated rings. The highest BCUT2D eigenvalue weighted by atomic mass is 79.9. The molecule has 0 aromatic heterocycles. The summed E-state index contributed by atoms with van der Waals surface area (Å²) >= 11 is 3.61. The molecule has 3 heteroatoms. The van der Waals surface area contributed by atoms with Gasteiger partial charge in [0.05, 0.1) is 0 Å². The summed E-state index contributed by atoms with van der Waals surface area (Å²) in [6.45, 7) is 3.10. The number of anilines is 1. The van der Waals surface area contributed by atoms with Gasteiger partial charge in [0.25, 0.3) is 0 Å². The van der Waals surface area contributed by atoms with Gasteiger partial charge in [0.1, 0.15) is 0 Å². The molecule has 0 radical (unpaired) electrons. The summed E-state index contributed by atoms with van der Waals surface area (Å²) in [6.07, 6.45) is 3.59. The topological polar surface area (TPSA) is 29.3 Å². The number of nitrogens with zero attached hydrogens (tertiary/aromatic N) is 1. The second-order valence-corrected chi connectivity index (χ2v) is 4.86. The molecule has 1 aliphatic heterocycles. The molecule has 1 aliphatic rings. The molecule has 0 bridgehead atoms. The van der Waals surface area contributed by atoms with Crippen LogP contribution in [0.4, 0.5) is 5.69 Å². The lowest BCUT2D eigenvalue weighted by atomic mass is 10.1. The van der Waals surface area contributed by atoms with Gasteiger partial charge in [0, 0.05) is 23.2 Å². The average molecular weight is 269 g/mol. The van der Waals surface area contributed by atoms with Crippen LogP contribution in [0.15, 0.2) is 22.7 Å². The molecule has 0 amide bonds. The molecular weight excluding hydrogens is 252 g/mol. The minimum atomic E-state index is 0.710. The molecule has 0 aliphatic carbocycles. The van der Waals surface area contributed by atoms with Crippen molar-refractivity contribution >= 4 is 21.6 Å². The Kier molecular flexibility index (Phi) is 3.65. The third-order valence-electron chi connectivity index (χ3n) is 2.92. The van der Waals surface area contributed by atoms with Crippen LogP contribution in [0.1, 0.15) is 18.4 Å². The van der Waals surface area contributed by atoms with E-state index < -0.39 is 0 Å². The number of rotatable bonds is 3. The summed E-state index contributed by atoms with van der Waals surface area (Å²) in [6, 6.07) is 6.61. The van der Waals surface area contributed by atoms with Gasteiger partial charge in [-0.25, -0.2) is 0 Å². The van der Waals surface area contributed by atoms with Crippen molar-refractivity contribution in [3.8, 4) is 0 Å². The maximum absolute atomic E-state index is 5.56. The van der Waals surface area contributed by atoms with Crippen molar-refractivity contribution < 1.29 is 0 Å². The van der Waals surface area contributed by atoms with E-state index in [0.29, 0.717) is 6.54 Å². The molecule has 1 aromatic carbocycles. The Bertz CT molecular complexity index is 332. The van der Waals surface area contributed by atoms with E-state index in [2.05, 4.69) is 39.0 Å². The maximum atomic E-state index is 5.56. The number of benzene rings is 1. The van der Waals surface area contributed by atoms with E-state index >= 15 is 0 Å². The Morgan fingerprint density at radius 3 is 2.60 bits per heavy atom. The van der Waals surface area contributed by atoms with Gasteiger partial charge in [-0.3, -0.25) is 0 Å². The molecule has 0 saturated carbocycles. The smallest absolute Gasteiger partial charge is 0.0377 e. The summed E-state index contributed by atoms with van der Waals surface area (Å²) in [5, 5.41) is 0. The molecule has 2 rings (SSSR count). The molecule has 15 heavy (non-hydrogen) atoms. The second kappa shape index (κ2) is 4.99. The Morgan fingerprint density at radius 1 is 1.27 bits per heavy atom. The third kappa shape index (κ3) is 2.52. The highest BCUT2D eigenvalue weighted by molar-refractivity contribution is 9.10. The van der Waals surface area contributed by atoms with E-state index in [1.165, 1.54) is 41.7 Å². The van der Waals surface area contributed by atoms with Crippen molar-refractivity contribution in [2.75, 3.05) is 24.5 Å². The molecule has 82 valence electrons. The van der Waals surface area contributed by atoms with Crippen molar-refractivity contribution in [3.63, 3.8) is 0 Å². The highest BCUT2D eigenvalue weighted by Crippen LogP contribution is 2.26. The van der Waals surface area contributed by atoms with Crippen molar-refractivity contribution in [2.45, 2.75) is 19.3 Å². The number of nitrogens with two attached hydrogens (primary N) is 1. The SMILES string of the molecule is NCCc1ccc(N2CCCC2)cc1Br. The number of hydrogen-bond donors (Lipinski definition) is 1. The van der Waals surface area contributed by atoms with Crippen LogP contribution in [0, 0.1) is 0 Å². The molecular formula is C12H17BrN2. The zero-order chi connectivity index (χ0) is 10.7. The molecule has 1 aromatic rings. The zero-order valence-electron chi connectivity index (χ0n) is 8.88. The summed E-state index contributed by atoms with van der Waals surface area (Å²) in [5.74, 6) is 0. The van der Waals surface area contributed by atoms with Gasteiger partial charge < -0.3 is 10.6 Å². The maximum Gasteiger partial charge on any atom is 0.0377 e. The predicted octanol–water partition coefficient (Wildman–Crippen LogP) is 2.55. The lowest BCUT2D eigenvalue weighted by molar-refractivity contribution is 0.948. The first-order valence-electron chi connectivity index (χ1n) is 5.54. The molecule has 2 N–H and O–H groups in total. The van der Waals surface area contributed by atoms with E-state index in [-0.39, 0.29) is 0 Å². The molecule has 0 unspecified atom stereocenters. The van der Waals surface area contributed by atoms with Gasteiger partial charge in [0.15, 0.2) is 0 Å². The van der Waals surface area contributed by atoms with Gasteiger partial charge in [-0.05, 0) is 43.5 Å². The second-order valence-electron chi connectivity index (χ2n) is 4.01. The normalized spacial score (nSPS) is 16.0. The minimum absolute atomic E-state index is 0.710. The molecule has 0 atom stereocenters. The van der Waals surface area contributed by atoms with Crippen molar-refractivity contribution in [1.29, 1.82) is 0 Å². The lowest BCUT2D eigenvalue weighted by Crippen LogP contribution is -2.17. The lowest BCUT2D eigenvalue weighted by Gasteiger charge is -2.18. The summed E-state index contributed by atoms with van der Waals surface area (Å²) in [4.78, 5) is 2.44. The molecule has 2 nitrogen and oxygen atoms in total. The van der Waals surface area contributed by atoms with Gasteiger partial charge in [0.2, 0.25) is 0 Å². The first-order chi connectivity index (χ1) is 7.31. The van der Waals surface area contributed by atoms with Crippen LogP contribution in [0.3, 0.4) is 0 Å². The highest BCUT2D eigenvalue weighted by Gasteiger charge is 2.12. The number of hydrogen-bond acceptors (Lipinski definition) is 2. The Morgan fingerprint density at radius 2 is 2.00 bits per heavy atom. The Hall–Kier alpha value is -0.540. The predicted molar refractivity (Wildman–Crippen MR) is 68.3 cm³/mol. The van der Waals surface area contributed by atoms with E-state index in [0.717, 1.165) is 6.42 Å². The zero-order valence-corrected chi connectivity index (χ0v) is 10.5. The van der Waals surface area contributed by atoms with Crippen molar-refractivity contribution in [2.24, 2.45) is 5.73 Å². The monoisotopic (exact) mass is 268 g/mol. The Labute approximate surface area is 99.6 Å². The Balaban J connectivity index is 2.16. The van der Waals surface area contributed by atoms with Crippen LogP contribution in [-0.4, -0.2) is 19.6 Å². The van der Waals surface area contributed by atoms with Crippen LogP contribution < -0.4 is 10.6 Å². The summed E-state index contributed by atoms with van der Waals surface area (Å²) in [5.41, 5.74) is 8.20. The fourth-order valence-corrected chi connectivity index (χ4v) is 2.63. The van der Waals surface area contributed by atoms with Gasteiger partial charge in [-0.2, -0.15) is 0 Å². The van der Waals surface area contributed by atoms with E-state index in [1.807, 2.05) is 0 Å². The molecule has 1 saturated heterocycles. The molecule has 1 heterocycles. The van der Waals surface area contributed by atoms with Crippen molar-refractivity contribution in [1.82, 2.24) is 0 Å². The van der Waals surface area contributed by atoms with Gasteiger partial charge in [-0.15, -0.1) is 0 Å². The largest absolute Gasteiger partial charge is 0.372 e. The molecule has 0 spiro atoms. The van der Waals surface area contributed by atoms with Crippen LogP contribution in [-0.2, 0) is 6.42 Å². The van der Waals surface area contributed by atoms with Gasteiger partial charge in [-0.1, -0.05) is 22.0 Å².